The predicted molar refractivity (Wildman–Crippen MR) is 91.1 cm³/mol. The lowest BCUT2D eigenvalue weighted by molar-refractivity contribution is -0.124. The number of nitrogens with two attached hydrogens (primary N) is 1. The second kappa shape index (κ2) is 6.34. The molecule has 1 aliphatic carbocycles. The topological polar surface area (TPSA) is 102 Å². The molecular weight excluding hydrogens is 330 g/mol. The first kappa shape index (κ1) is 17.2. The molecule has 2 aliphatic rings. The lowest BCUT2D eigenvalue weighted by atomic mass is 9.72. The average molecular weight is 353 g/mol. The Morgan fingerprint density at radius 2 is 2.04 bits per heavy atom. The Morgan fingerprint density at radius 1 is 1.38 bits per heavy atom. The van der Waals surface area contributed by atoms with E-state index in [1.807, 2.05) is 19.1 Å². The normalized spacial score (nSPS) is 28.8. The van der Waals surface area contributed by atoms with E-state index in [0.29, 0.717) is 18.2 Å². The van der Waals surface area contributed by atoms with Crippen molar-refractivity contribution < 1.29 is 17.9 Å². The van der Waals surface area contributed by atoms with Crippen LogP contribution in [0.5, 0.6) is 0 Å². The van der Waals surface area contributed by atoms with E-state index in [1.54, 1.807) is 12.1 Å². The van der Waals surface area contributed by atoms with Gasteiger partial charge in [-0.25, -0.2) is 8.42 Å². The number of hydrogen-bond acceptors (Lipinski definition) is 5. The summed E-state index contributed by atoms with van der Waals surface area (Å²) in [7, 11) is -3.57. The third-order valence-electron chi connectivity index (χ3n) is 4.78. The number of aryl methyl sites for hydroxylation is 1. The van der Waals surface area contributed by atoms with Gasteiger partial charge in [-0.15, -0.1) is 0 Å². The number of fused-ring (bicyclic) bond motifs is 1. The summed E-state index contributed by atoms with van der Waals surface area (Å²) in [6.45, 7) is 2.30. The molecule has 0 unspecified atom stereocenters. The molecule has 1 saturated carbocycles. The van der Waals surface area contributed by atoms with Crippen LogP contribution in [0.1, 0.15) is 12.0 Å². The van der Waals surface area contributed by atoms with Crippen molar-refractivity contribution in [2.45, 2.75) is 31.5 Å². The van der Waals surface area contributed by atoms with E-state index in [4.69, 9.17) is 10.5 Å². The van der Waals surface area contributed by atoms with Crippen LogP contribution >= 0.6 is 0 Å². The highest BCUT2D eigenvalue weighted by Crippen LogP contribution is 2.37. The van der Waals surface area contributed by atoms with Crippen LogP contribution in [0, 0.1) is 12.8 Å². The van der Waals surface area contributed by atoms with Gasteiger partial charge in [0.2, 0.25) is 15.9 Å². The van der Waals surface area contributed by atoms with E-state index in [1.165, 1.54) is 0 Å². The maximum absolute atomic E-state index is 12.3. The minimum Gasteiger partial charge on any atom is -0.376 e. The number of nitrogens with one attached hydrogen (secondary N) is 1. The lowest BCUT2D eigenvalue weighted by Crippen LogP contribution is -2.69. The Hall–Kier alpha value is -1.64. The predicted octanol–water partition coefficient (Wildman–Crippen LogP) is -0.00818. The summed E-state index contributed by atoms with van der Waals surface area (Å²) < 4.78 is 30.8. The summed E-state index contributed by atoms with van der Waals surface area (Å²) >= 11 is 0. The summed E-state index contributed by atoms with van der Waals surface area (Å²) in [5.41, 5.74) is 7.55. The van der Waals surface area contributed by atoms with Crippen molar-refractivity contribution in [3.63, 3.8) is 0 Å². The molecule has 0 bridgehead atoms. The molecular formula is C16H23N3O4S. The molecule has 1 amide bonds. The molecule has 1 saturated heterocycles. The first-order valence-electron chi connectivity index (χ1n) is 7.98. The molecule has 132 valence electrons. The van der Waals surface area contributed by atoms with Crippen LogP contribution in [0.25, 0.3) is 0 Å². The smallest absolute Gasteiger partial charge is 0.241 e. The Morgan fingerprint density at radius 3 is 2.67 bits per heavy atom. The number of carbonyl (C=O) groups excluding carboxylic acids is 1. The van der Waals surface area contributed by atoms with Crippen LogP contribution in [0.2, 0.25) is 0 Å². The summed E-state index contributed by atoms with van der Waals surface area (Å²) in [6, 6.07) is 6.62. The zero-order valence-electron chi connectivity index (χ0n) is 13.8. The number of rotatable bonds is 5. The van der Waals surface area contributed by atoms with Crippen molar-refractivity contribution in [3.8, 4) is 0 Å². The number of amides is 1. The van der Waals surface area contributed by atoms with Gasteiger partial charge in [0.05, 0.1) is 24.1 Å². The molecule has 8 heteroatoms. The number of benzene rings is 1. The highest BCUT2D eigenvalue weighted by molar-refractivity contribution is 7.92. The van der Waals surface area contributed by atoms with Gasteiger partial charge >= 0.3 is 0 Å². The third-order valence-corrected chi connectivity index (χ3v) is 5.92. The van der Waals surface area contributed by atoms with Crippen LogP contribution in [0.3, 0.4) is 0 Å². The Bertz CT molecular complexity index is 719. The van der Waals surface area contributed by atoms with Crippen LogP contribution in [-0.2, 0) is 19.6 Å². The van der Waals surface area contributed by atoms with Crippen LogP contribution in [0.4, 0.5) is 5.69 Å². The number of anilines is 1. The molecule has 7 nitrogen and oxygen atoms in total. The molecule has 1 aromatic carbocycles. The van der Waals surface area contributed by atoms with Crippen molar-refractivity contribution in [2.75, 3.05) is 23.7 Å². The van der Waals surface area contributed by atoms with Gasteiger partial charge in [-0.05, 0) is 25.5 Å². The van der Waals surface area contributed by atoms with E-state index in [0.717, 1.165) is 22.5 Å². The zero-order chi connectivity index (χ0) is 17.5. The van der Waals surface area contributed by atoms with E-state index in [2.05, 4.69) is 5.32 Å². The Kier molecular flexibility index (Phi) is 4.54. The molecule has 3 N–H and O–H groups in total. The molecule has 0 aromatic heterocycles. The number of nitrogens with zero attached hydrogens (tertiary/aromatic N) is 1. The fourth-order valence-corrected chi connectivity index (χ4v) is 4.26. The van der Waals surface area contributed by atoms with Crippen molar-refractivity contribution in [2.24, 2.45) is 11.7 Å². The molecule has 0 radical (unpaired) electrons. The molecule has 3 rings (SSSR count). The number of sulfonamides is 1. The fourth-order valence-electron chi connectivity index (χ4n) is 3.40. The van der Waals surface area contributed by atoms with Crippen LogP contribution in [-0.4, -0.2) is 51.9 Å². The quantitative estimate of drug-likeness (QED) is 0.775. The van der Waals surface area contributed by atoms with Gasteiger partial charge in [-0.1, -0.05) is 17.7 Å². The van der Waals surface area contributed by atoms with E-state index in [9.17, 15) is 13.2 Å². The van der Waals surface area contributed by atoms with E-state index >= 15 is 0 Å². The molecule has 1 aliphatic heterocycles. The van der Waals surface area contributed by atoms with E-state index in [-0.39, 0.29) is 30.6 Å². The molecule has 24 heavy (non-hydrogen) atoms. The maximum Gasteiger partial charge on any atom is 0.241 e. The fraction of sp³-hybridized carbons (Fsp3) is 0.562. The number of carbonyl (C=O) groups is 1. The van der Waals surface area contributed by atoms with Gasteiger partial charge in [-0.3, -0.25) is 9.10 Å². The van der Waals surface area contributed by atoms with Gasteiger partial charge < -0.3 is 15.8 Å². The van der Waals surface area contributed by atoms with Crippen LogP contribution in [0.15, 0.2) is 24.3 Å². The minimum absolute atomic E-state index is 0.0463. The highest BCUT2D eigenvalue weighted by atomic mass is 32.2. The van der Waals surface area contributed by atoms with Gasteiger partial charge in [-0.2, -0.15) is 0 Å². The third kappa shape index (κ3) is 3.26. The highest BCUT2D eigenvalue weighted by Gasteiger charge is 2.52. The molecule has 4 atom stereocenters. The Labute approximate surface area is 142 Å². The number of ether oxygens (including phenoxy) is 1. The summed E-state index contributed by atoms with van der Waals surface area (Å²) in [5, 5.41) is 2.83. The van der Waals surface area contributed by atoms with Crippen molar-refractivity contribution in [1.29, 1.82) is 0 Å². The SMILES string of the molecule is Cc1ccc(N(CC(=O)N[C@@H]2[C@@H](N)[C@H]3CCO[C@H]32)S(C)(=O)=O)cc1. The first-order valence-corrected chi connectivity index (χ1v) is 9.83. The van der Waals surface area contributed by atoms with Crippen molar-refractivity contribution in [3.05, 3.63) is 29.8 Å². The molecule has 1 aromatic rings. The summed E-state index contributed by atoms with van der Waals surface area (Å²) in [6.07, 6.45) is 1.96. The van der Waals surface area contributed by atoms with Gasteiger partial charge in [0.1, 0.15) is 6.54 Å². The standard InChI is InChI=1S/C16H23N3O4S/c1-10-3-5-11(6-4-10)19(24(2,21)22)9-13(20)18-15-14(17)12-7-8-23-16(12)15/h3-6,12,14-16H,7-9,17H2,1-2H3,(H,18,20)/t12-,14+,15-,16-/m1/s1. The van der Waals surface area contributed by atoms with Gasteiger partial charge in [0.25, 0.3) is 0 Å². The summed E-state index contributed by atoms with van der Waals surface area (Å²) in [4.78, 5) is 12.3. The zero-order valence-corrected chi connectivity index (χ0v) is 14.6. The average Bonchev–Trinajstić information content (AvgIpc) is 2.95. The van der Waals surface area contributed by atoms with Crippen molar-refractivity contribution in [1.82, 2.24) is 5.32 Å². The monoisotopic (exact) mass is 353 g/mol. The van der Waals surface area contributed by atoms with Crippen LogP contribution < -0.4 is 15.4 Å². The number of hydrogen-bond donors (Lipinski definition) is 2. The first-order chi connectivity index (χ1) is 11.3. The molecule has 1 heterocycles. The second-order valence-electron chi connectivity index (χ2n) is 6.56. The maximum atomic E-state index is 12.3. The lowest BCUT2D eigenvalue weighted by Gasteiger charge is -2.45. The molecule has 2 fully saturated rings. The van der Waals surface area contributed by atoms with Crippen molar-refractivity contribution >= 4 is 21.6 Å². The largest absolute Gasteiger partial charge is 0.376 e. The summed E-state index contributed by atoms with van der Waals surface area (Å²) in [5.74, 6) is -0.0891. The second-order valence-corrected chi connectivity index (χ2v) is 8.47. The molecule has 0 spiro atoms. The minimum atomic E-state index is -3.57. The van der Waals surface area contributed by atoms with E-state index < -0.39 is 10.0 Å². The van der Waals surface area contributed by atoms with Gasteiger partial charge in [0.15, 0.2) is 0 Å². The van der Waals surface area contributed by atoms with Gasteiger partial charge in [0, 0.05) is 18.6 Å². The Balaban J connectivity index is 1.69.